The van der Waals surface area contributed by atoms with Gasteiger partial charge in [-0.15, -0.1) is 0 Å². The van der Waals surface area contributed by atoms with Crippen LogP contribution in [0.1, 0.15) is 31.4 Å². The van der Waals surface area contributed by atoms with Gasteiger partial charge in [0.25, 0.3) is 0 Å². The molecule has 0 radical (unpaired) electrons. The Hall–Kier alpha value is -1.56. The summed E-state index contributed by atoms with van der Waals surface area (Å²) < 4.78 is 13.2. The van der Waals surface area contributed by atoms with Gasteiger partial charge in [0.15, 0.2) is 0 Å². The fraction of sp³-hybridized carbons (Fsp3) is 0.556. The normalized spacial score (nSPS) is 24.8. The molecule has 6 heteroatoms. The summed E-state index contributed by atoms with van der Waals surface area (Å²) in [5, 5.41) is 0. The fourth-order valence-electron chi connectivity index (χ4n) is 3.59. The molecule has 2 atom stereocenters. The van der Waals surface area contributed by atoms with Gasteiger partial charge in [-0.1, -0.05) is 12.1 Å². The maximum absolute atomic E-state index is 13.2. The quantitative estimate of drug-likeness (QED) is 0.823. The Balaban J connectivity index is 1.72. The summed E-state index contributed by atoms with van der Waals surface area (Å²) >= 11 is 1.88. The first-order valence-electron chi connectivity index (χ1n) is 8.45. The molecule has 0 N–H and O–H groups in total. The van der Waals surface area contributed by atoms with Crippen molar-refractivity contribution in [3.63, 3.8) is 0 Å². The van der Waals surface area contributed by atoms with Crippen LogP contribution in [0, 0.1) is 11.7 Å². The van der Waals surface area contributed by atoms with Crippen LogP contribution in [-0.4, -0.2) is 52.8 Å². The van der Waals surface area contributed by atoms with E-state index in [0.717, 1.165) is 43.0 Å². The molecule has 3 rings (SSSR count). The number of halogens is 1. The van der Waals surface area contributed by atoms with Crippen LogP contribution in [0.3, 0.4) is 0 Å². The van der Waals surface area contributed by atoms with Crippen molar-refractivity contribution in [1.29, 1.82) is 0 Å². The third-order valence-electron chi connectivity index (χ3n) is 4.91. The number of rotatable bonds is 2. The Morgan fingerprint density at radius 3 is 2.42 bits per heavy atom. The van der Waals surface area contributed by atoms with E-state index in [0.29, 0.717) is 6.54 Å². The lowest BCUT2D eigenvalue weighted by molar-refractivity contribution is -0.142. The van der Waals surface area contributed by atoms with Crippen molar-refractivity contribution in [1.82, 2.24) is 9.80 Å². The molecule has 130 valence electrons. The van der Waals surface area contributed by atoms with Crippen LogP contribution in [0.5, 0.6) is 0 Å². The van der Waals surface area contributed by atoms with E-state index >= 15 is 0 Å². The van der Waals surface area contributed by atoms with Crippen LogP contribution in [0.2, 0.25) is 0 Å². The predicted molar refractivity (Wildman–Crippen MR) is 93.2 cm³/mol. The van der Waals surface area contributed by atoms with Crippen molar-refractivity contribution in [2.24, 2.45) is 5.92 Å². The van der Waals surface area contributed by atoms with E-state index in [2.05, 4.69) is 0 Å². The Morgan fingerprint density at radius 1 is 1.12 bits per heavy atom. The SMILES string of the molecule is CC(=O)N1CC(C(=O)N2CCSCC2)CCC1c1ccc(F)cc1. The summed E-state index contributed by atoms with van der Waals surface area (Å²) in [6.07, 6.45) is 1.51. The smallest absolute Gasteiger partial charge is 0.227 e. The van der Waals surface area contributed by atoms with Crippen LogP contribution in [0.15, 0.2) is 24.3 Å². The van der Waals surface area contributed by atoms with Gasteiger partial charge in [0.05, 0.1) is 12.0 Å². The molecule has 2 aliphatic rings. The fourth-order valence-corrected chi connectivity index (χ4v) is 4.50. The molecule has 0 aromatic heterocycles. The van der Waals surface area contributed by atoms with E-state index in [1.165, 1.54) is 12.1 Å². The van der Waals surface area contributed by atoms with Crippen molar-refractivity contribution in [2.75, 3.05) is 31.1 Å². The van der Waals surface area contributed by atoms with Crippen molar-refractivity contribution in [3.8, 4) is 0 Å². The number of likely N-dealkylation sites (tertiary alicyclic amines) is 1. The first kappa shape index (κ1) is 17.3. The number of carbonyl (C=O) groups is 2. The number of nitrogens with zero attached hydrogens (tertiary/aromatic N) is 2. The van der Waals surface area contributed by atoms with Gasteiger partial charge in [0, 0.05) is 38.1 Å². The number of carbonyl (C=O) groups excluding carboxylic acids is 2. The van der Waals surface area contributed by atoms with E-state index < -0.39 is 0 Å². The van der Waals surface area contributed by atoms with E-state index in [1.807, 2.05) is 16.7 Å². The highest BCUT2D eigenvalue weighted by atomic mass is 32.2. The van der Waals surface area contributed by atoms with E-state index in [4.69, 9.17) is 0 Å². The molecular formula is C18H23FN2O2S. The van der Waals surface area contributed by atoms with Crippen molar-refractivity contribution in [3.05, 3.63) is 35.6 Å². The lowest BCUT2D eigenvalue weighted by Gasteiger charge is -2.41. The highest BCUT2D eigenvalue weighted by Crippen LogP contribution is 2.34. The molecule has 2 fully saturated rings. The molecule has 1 aromatic carbocycles. The first-order valence-corrected chi connectivity index (χ1v) is 9.61. The lowest BCUT2D eigenvalue weighted by atomic mass is 9.88. The zero-order chi connectivity index (χ0) is 17.1. The largest absolute Gasteiger partial charge is 0.341 e. The average Bonchev–Trinajstić information content (AvgIpc) is 2.62. The number of piperidine rings is 1. The van der Waals surface area contributed by atoms with E-state index in [-0.39, 0.29) is 29.6 Å². The van der Waals surface area contributed by atoms with Crippen LogP contribution in [0.25, 0.3) is 0 Å². The molecule has 2 amide bonds. The van der Waals surface area contributed by atoms with Crippen LogP contribution in [0.4, 0.5) is 4.39 Å². The maximum atomic E-state index is 13.2. The van der Waals surface area contributed by atoms with Gasteiger partial charge in [-0.05, 0) is 30.5 Å². The van der Waals surface area contributed by atoms with Gasteiger partial charge >= 0.3 is 0 Å². The Bertz CT molecular complexity index is 602. The number of hydrogen-bond acceptors (Lipinski definition) is 3. The molecule has 0 bridgehead atoms. The van der Waals surface area contributed by atoms with Gasteiger partial charge in [0.1, 0.15) is 5.82 Å². The minimum absolute atomic E-state index is 0.0315. The van der Waals surface area contributed by atoms with Crippen molar-refractivity contribution < 1.29 is 14.0 Å². The van der Waals surface area contributed by atoms with E-state index in [9.17, 15) is 14.0 Å². The number of hydrogen-bond donors (Lipinski definition) is 0. The zero-order valence-corrected chi connectivity index (χ0v) is 14.7. The van der Waals surface area contributed by atoms with Gasteiger partial charge in [-0.3, -0.25) is 9.59 Å². The van der Waals surface area contributed by atoms with Gasteiger partial charge in [-0.2, -0.15) is 11.8 Å². The van der Waals surface area contributed by atoms with Crippen molar-refractivity contribution in [2.45, 2.75) is 25.8 Å². The molecule has 2 saturated heterocycles. The molecule has 24 heavy (non-hydrogen) atoms. The molecule has 4 nitrogen and oxygen atoms in total. The monoisotopic (exact) mass is 350 g/mol. The van der Waals surface area contributed by atoms with Crippen LogP contribution < -0.4 is 0 Å². The van der Waals surface area contributed by atoms with Gasteiger partial charge in [-0.25, -0.2) is 4.39 Å². The Morgan fingerprint density at radius 2 is 1.79 bits per heavy atom. The zero-order valence-electron chi connectivity index (χ0n) is 13.9. The standard InChI is InChI=1S/C18H23FN2O2S/c1-13(22)21-12-15(18(23)20-8-10-24-11-9-20)4-7-17(21)14-2-5-16(19)6-3-14/h2-3,5-6,15,17H,4,7-12H2,1H3. The molecule has 0 aliphatic carbocycles. The number of benzene rings is 1. The van der Waals surface area contributed by atoms with Crippen LogP contribution in [-0.2, 0) is 9.59 Å². The summed E-state index contributed by atoms with van der Waals surface area (Å²) in [6.45, 7) is 3.61. The summed E-state index contributed by atoms with van der Waals surface area (Å²) in [4.78, 5) is 28.6. The summed E-state index contributed by atoms with van der Waals surface area (Å²) in [5.41, 5.74) is 0.937. The first-order chi connectivity index (χ1) is 11.6. The third kappa shape index (κ3) is 3.74. The summed E-state index contributed by atoms with van der Waals surface area (Å²) in [6, 6.07) is 6.26. The topological polar surface area (TPSA) is 40.6 Å². The van der Waals surface area contributed by atoms with Crippen molar-refractivity contribution >= 4 is 23.6 Å². The molecule has 2 unspecified atom stereocenters. The van der Waals surface area contributed by atoms with Gasteiger partial charge in [0.2, 0.25) is 11.8 Å². The maximum Gasteiger partial charge on any atom is 0.227 e. The minimum atomic E-state index is -0.278. The molecule has 0 spiro atoms. The predicted octanol–water partition coefficient (Wildman–Crippen LogP) is 2.70. The molecule has 1 aromatic rings. The molecule has 2 aliphatic heterocycles. The van der Waals surface area contributed by atoms with Crippen LogP contribution >= 0.6 is 11.8 Å². The Labute approximate surface area is 146 Å². The lowest BCUT2D eigenvalue weighted by Crippen LogP contribution is -2.49. The third-order valence-corrected chi connectivity index (χ3v) is 5.86. The summed E-state index contributed by atoms with van der Waals surface area (Å²) in [5.74, 6) is 1.74. The highest BCUT2D eigenvalue weighted by molar-refractivity contribution is 7.99. The molecular weight excluding hydrogens is 327 g/mol. The number of amides is 2. The summed E-state index contributed by atoms with van der Waals surface area (Å²) in [7, 11) is 0. The van der Waals surface area contributed by atoms with Gasteiger partial charge < -0.3 is 9.80 Å². The Kier molecular flexibility index (Phi) is 5.43. The second kappa shape index (κ2) is 7.55. The molecule has 0 saturated carbocycles. The van der Waals surface area contributed by atoms with E-state index in [1.54, 1.807) is 24.0 Å². The molecule has 2 heterocycles. The minimum Gasteiger partial charge on any atom is -0.341 e. The number of thioether (sulfide) groups is 1. The second-order valence-electron chi connectivity index (χ2n) is 6.45. The highest BCUT2D eigenvalue weighted by Gasteiger charge is 2.36. The second-order valence-corrected chi connectivity index (χ2v) is 7.68. The average molecular weight is 350 g/mol.